The van der Waals surface area contributed by atoms with Crippen LogP contribution in [0.5, 0.6) is 0 Å². The normalized spacial score (nSPS) is 18.3. The van der Waals surface area contributed by atoms with Gasteiger partial charge in [-0.1, -0.05) is 36.4 Å². The van der Waals surface area contributed by atoms with E-state index in [2.05, 4.69) is 5.32 Å². The third kappa shape index (κ3) is 3.04. The Bertz CT molecular complexity index is 1120. The summed E-state index contributed by atoms with van der Waals surface area (Å²) in [5.74, 6) is -0.574. The number of hydrogen-bond donors (Lipinski definition) is 1. The molecule has 30 heavy (non-hydrogen) atoms. The Morgan fingerprint density at radius 1 is 0.967 bits per heavy atom. The first-order chi connectivity index (χ1) is 14.6. The average Bonchev–Trinajstić information content (AvgIpc) is 3.30. The summed E-state index contributed by atoms with van der Waals surface area (Å²) >= 11 is 0. The highest BCUT2D eigenvalue weighted by Gasteiger charge is 2.40. The first-order valence-electron chi connectivity index (χ1n) is 9.76. The summed E-state index contributed by atoms with van der Waals surface area (Å²) in [7, 11) is 0. The van der Waals surface area contributed by atoms with Crippen LogP contribution in [0.15, 0.2) is 71.3 Å². The van der Waals surface area contributed by atoms with Gasteiger partial charge in [-0.25, -0.2) is 0 Å². The van der Waals surface area contributed by atoms with Crippen molar-refractivity contribution in [2.75, 3.05) is 25.0 Å². The Balaban J connectivity index is 1.45. The number of benzene rings is 2. The number of nitrogens with zero attached hydrogens (tertiary/aromatic N) is 2. The Labute approximate surface area is 172 Å². The average molecular weight is 401 g/mol. The van der Waals surface area contributed by atoms with E-state index in [0.717, 1.165) is 11.1 Å². The Kier molecular flexibility index (Phi) is 4.35. The molecule has 1 fully saturated rings. The summed E-state index contributed by atoms with van der Waals surface area (Å²) < 4.78 is 5.19. The van der Waals surface area contributed by atoms with Crippen molar-refractivity contribution < 1.29 is 18.8 Å². The second kappa shape index (κ2) is 7.18. The first-order valence-corrected chi connectivity index (χ1v) is 9.76. The summed E-state index contributed by atoms with van der Waals surface area (Å²) in [6.45, 7) is 0.734. The second-order valence-electron chi connectivity index (χ2n) is 7.36. The molecule has 0 saturated carbocycles. The Hall–Kier alpha value is -3.87. The molecule has 0 spiro atoms. The molecule has 1 unspecified atom stereocenters. The van der Waals surface area contributed by atoms with Crippen molar-refractivity contribution in [1.82, 2.24) is 9.80 Å². The fourth-order valence-corrected chi connectivity index (χ4v) is 4.00. The molecule has 3 aromatic rings. The van der Waals surface area contributed by atoms with Crippen LogP contribution >= 0.6 is 0 Å². The number of rotatable bonds is 2. The van der Waals surface area contributed by atoms with E-state index in [4.69, 9.17) is 4.42 Å². The highest BCUT2D eigenvalue weighted by Crippen LogP contribution is 2.30. The zero-order valence-corrected chi connectivity index (χ0v) is 16.1. The molecule has 3 heterocycles. The summed E-state index contributed by atoms with van der Waals surface area (Å²) in [4.78, 5) is 42.0. The van der Waals surface area contributed by atoms with Crippen molar-refractivity contribution in [3.8, 4) is 11.1 Å². The van der Waals surface area contributed by atoms with E-state index in [1.165, 1.54) is 6.26 Å². The fraction of sp³-hybridized carbons (Fsp3) is 0.174. The number of fused-ring (bicyclic) bond motifs is 2. The number of nitrogens with one attached hydrogen (secondary N) is 1. The first kappa shape index (κ1) is 18.2. The second-order valence-corrected chi connectivity index (χ2v) is 7.36. The van der Waals surface area contributed by atoms with Crippen LogP contribution in [-0.2, 0) is 4.79 Å². The van der Waals surface area contributed by atoms with Gasteiger partial charge in [-0.2, -0.15) is 0 Å². The van der Waals surface area contributed by atoms with Crippen molar-refractivity contribution in [2.24, 2.45) is 0 Å². The largest absolute Gasteiger partial charge is 0.459 e. The molecule has 2 aromatic carbocycles. The van der Waals surface area contributed by atoms with Crippen molar-refractivity contribution in [3.05, 3.63) is 78.3 Å². The fourth-order valence-electron chi connectivity index (χ4n) is 4.00. The van der Waals surface area contributed by atoms with Crippen molar-refractivity contribution >= 4 is 23.4 Å². The third-order valence-electron chi connectivity index (χ3n) is 5.58. The minimum atomic E-state index is -0.752. The van der Waals surface area contributed by atoms with Crippen LogP contribution in [0.4, 0.5) is 5.69 Å². The predicted molar refractivity (Wildman–Crippen MR) is 110 cm³/mol. The zero-order valence-electron chi connectivity index (χ0n) is 16.1. The topological polar surface area (TPSA) is 82.9 Å². The van der Waals surface area contributed by atoms with Gasteiger partial charge in [0.1, 0.15) is 6.04 Å². The van der Waals surface area contributed by atoms with Gasteiger partial charge in [0.25, 0.3) is 11.8 Å². The van der Waals surface area contributed by atoms with E-state index in [9.17, 15) is 14.4 Å². The molecule has 1 aromatic heterocycles. The van der Waals surface area contributed by atoms with Gasteiger partial charge >= 0.3 is 0 Å². The van der Waals surface area contributed by atoms with Gasteiger partial charge in [0, 0.05) is 13.1 Å². The molecule has 1 saturated heterocycles. The number of carbonyl (C=O) groups is 3. The Morgan fingerprint density at radius 3 is 2.57 bits per heavy atom. The van der Waals surface area contributed by atoms with E-state index >= 15 is 0 Å². The molecule has 7 heteroatoms. The van der Waals surface area contributed by atoms with Gasteiger partial charge in [0.15, 0.2) is 5.76 Å². The molecule has 1 atom stereocenters. The van der Waals surface area contributed by atoms with Crippen LogP contribution in [0.25, 0.3) is 11.1 Å². The van der Waals surface area contributed by atoms with Gasteiger partial charge in [0.05, 0.1) is 24.1 Å². The van der Waals surface area contributed by atoms with Crippen LogP contribution in [0.1, 0.15) is 20.9 Å². The number of amides is 3. The smallest absolute Gasteiger partial charge is 0.289 e. The summed E-state index contributed by atoms with van der Waals surface area (Å²) in [5, 5.41) is 2.86. The van der Waals surface area contributed by atoms with Crippen LogP contribution in [0.3, 0.4) is 0 Å². The van der Waals surface area contributed by atoms with Gasteiger partial charge < -0.3 is 19.5 Å². The summed E-state index contributed by atoms with van der Waals surface area (Å²) in [6.07, 6.45) is 1.44. The van der Waals surface area contributed by atoms with E-state index in [1.807, 2.05) is 42.5 Å². The van der Waals surface area contributed by atoms with E-state index in [0.29, 0.717) is 17.8 Å². The lowest BCUT2D eigenvalue weighted by atomic mass is 10.0. The Morgan fingerprint density at radius 2 is 1.80 bits per heavy atom. The molecular formula is C23H19N3O4. The summed E-state index contributed by atoms with van der Waals surface area (Å²) in [5.41, 5.74) is 2.84. The van der Waals surface area contributed by atoms with Crippen LogP contribution in [0, 0.1) is 0 Å². The van der Waals surface area contributed by atoms with Gasteiger partial charge in [-0.15, -0.1) is 0 Å². The number of carbonyl (C=O) groups excluding carboxylic acids is 3. The van der Waals surface area contributed by atoms with E-state index in [-0.39, 0.29) is 36.6 Å². The quantitative estimate of drug-likeness (QED) is 0.716. The highest BCUT2D eigenvalue weighted by molar-refractivity contribution is 6.11. The lowest BCUT2D eigenvalue weighted by Crippen LogP contribution is -2.59. The molecule has 0 aliphatic carbocycles. The molecule has 3 amide bonds. The lowest BCUT2D eigenvalue weighted by molar-refractivity contribution is -0.121. The number of piperazine rings is 1. The van der Waals surface area contributed by atoms with Gasteiger partial charge in [-0.3, -0.25) is 14.4 Å². The third-order valence-corrected chi connectivity index (χ3v) is 5.58. The molecule has 0 bridgehead atoms. The van der Waals surface area contributed by atoms with E-state index < -0.39 is 6.04 Å². The van der Waals surface area contributed by atoms with Crippen molar-refractivity contribution in [2.45, 2.75) is 6.04 Å². The molecule has 7 nitrogen and oxygen atoms in total. The van der Waals surface area contributed by atoms with Crippen LogP contribution in [0.2, 0.25) is 0 Å². The highest BCUT2D eigenvalue weighted by atomic mass is 16.3. The molecule has 0 radical (unpaired) electrons. The number of furan rings is 1. The molecule has 5 rings (SSSR count). The zero-order chi connectivity index (χ0) is 20.7. The maximum absolute atomic E-state index is 13.3. The SMILES string of the molecule is O=C1Nc2ccc(-c3ccccc3)cc2C(=O)N2CCN(C(=O)c3ccco3)CC12. The molecule has 1 N–H and O–H groups in total. The van der Waals surface area contributed by atoms with Crippen molar-refractivity contribution in [3.63, 3.8) is 0 Å². The standard InChI is InChI=1S/C23H19N3O4/c27-21-19-14-25(23(29)20-7-4-12-30-20)10-11-26(19)22(28)17-13-16(8-9-18(17)24-21)15-5-2-1-3-6-15/h1-9,12-13,19H,10-11,14H2,(H,24,27). The van der Waals surface area contributed by atoms with Crippen molar-refractivity contribution in [1.29, 1.82) is 0 Å². The van der Waals surface area contributed by atoms with Crippen LogP contribution in [-0.4, -0.2) is 53.2 Å². The predicted octanol–water partition coefficient (Wildman–Crippen LogP) is 2.87. The monoisotopic (exact) mass is 401 g/mol. The molecule has 150 valence electrons. The minimum absolute atomic E-state index is 0.122. The van der Waals surface area contributed by atoms with Gasteiger partial charge in [-0.05, 0) is 35.4 Å². The molecular weight excluding hydrogens is 382 g/mol. The molecule has 2 aliphatic rings. The van der Waals surface area contributed by atoms with Crippen LogP contribution < -0.4 is 5.32 Å². The number of hydrogen-bond acceptors (Lipinski definition) is 4. The van der Waals surface area contributed by atoms with E-state index in [1.54, 1.807) is 28.0 Å². The summed E-state index contributed by atoms with van der Waals surface area (Å²) in [6, 6.07) is 17.7. The van der Waals surface area contributed by atoms with Gasteiger partial charge in [0.2, 0.25) is 5.91 Å². The number of anilines is 1. The molecule has 2 aliphatic heterocycles. The maximum atomic E-state index is 13.3. The minimum Gasteiger partial charge on any atom is -0.459 e. The lowest BCUT2D eigenvalue weighted by Gasteiger charge is -2.39. The maximum Gasteiger partial charge on any atom is 0.289 e.